The van der Waals surface area contributed by atoms with Gasteiger partial charge in [0.05, 0.1) is 11.5 Å². The molecule has 2 aliphatic heterocycles. The summed E-state index contributed by atoms with van der Waals surface area (Å²) in [5.41, 5.74) is 1.42. The van der Waals surface area contributed by atoms with Crippen molar-refractivity contribution >= 4 is 34.9 Å². The Morgan fingerprint density at radius 3 is 2.54 bits per heavy atom. The molecule has 0 aliphatic carbocycles. The van der Waals surface area contributed by atoms with Crippen molar-refractivity contribution < 1.29 is 14.4 Å². The van der Waals surface area contributed by atoms with E-state index in [0.29, 0.717) is 40.8 Å². The summed E-state index contributed by atoms with van der Waals surface area (Å²) in [7, 11) is 0. The first kappa shape index (κ1) is 18.3. The Kier molecular flexibility index (Phi) is 4.88. The highest BCUT2D eigenvalue weighted by atomic mass is 35.5. The molecule has 1 atom stereocenters. The van der Waals surface area contributed by atoms with Crippen LogP contribution in [0.1, 0.15) is 16.8 Å². The summed E-state index contributed by atoms with van der Waals surface area (Å²) < 4.78 is 0. The van der Waals surface area contributed by atoms with Crippen LogP contribution >= 0.6 is 11.6 Å². The number of nitrogens with zero attached hydrogens (tertiary/aromatic N) is 1. The molecular formula is C21H18ClN3O3. The van der Waals surface area contributed by atoms with Gasteiger partial charge in [-0.1, -0.05) is 29.8 Å². The number of rotatable bonds is 5. The van der Waals surface area contributed by atoms with Crippen LogP contribution in [-0.2, 0) is 9.59 Å². The van der Waals surface area contributed by atoms with E-state index in [9.17, 15) is 14.4 Å². The minimum absolute atomic E-state index is 0.0932. The van der Waals surface area contributed by atoms with Gasteiger partial charge in [-0.15, -0.1) is 0 Å². The molecule has 0 aromatic heterocycles. The normalized spacial score (nSPS) is 18.1. The second kappa shape index (κ2) is 7.48. The van der Waals surface area contributed by atoms with E-state index in [1.165, 1.54) is 0 Å². The molecule has 2 aromatic rings. The number of Topliss-reactive ketones (excluding diaryl/α,β-unsaturated/α-hetero) is 1. The summed E-state index contributed by atoms with van der Waals surface area (Å²) in [5, 5.41) is 6.42. The number of fused-ring (bicyclic) bond motifs is 1. The number of para-hydroxylation sites is 1. The molecule has 0 unspecified atom stereocenters. The third kappa shape index (κ3) is 3.39. The fourth-order valence-corrected chi connectivity index (χ4v) is 3.69. The predicted octanol–water partition coefficient (Wildman–Crippen LogP) is 2.82. The van der Waals surface area contributed by atoms with Gasteiger partial charge in [0.15, 0.2) is 5.78 Å². The summed E-state index contributed by atoms with van der Waals surface area (Å²) >= 11 is 5.91. The number of hydrogen-bond acceptors (Lipinski definition) is 4. The molecule has 0 saturated carbocycles. The molecule has 142 valence electrons. The lowest BCUT2D eigenvalue weighted by atomic mass is 9.90. The number of ketones is 1. The van der Waals surface area contributed by atoms with E-state index in [2.05, 4.69) is 10.6 Å². The van der Waals surface area contributed by atoms with Crippen molar-refractivity contribution in [2.24, 2.45) is 5.92 Å². The van der Waals surface area contributed by atoms with Crippen LogP contribution in [0.4, 0.5) is 5.69 Å². The van der Waals surface area contributed by atoms with Crippen LogP contribution in [0.15, 0.2) is 66.0 Å². The van der Waals surface area contributed by atoms with Crippen LogP contribution in [0, 0.1) is 5.92 Å². The van der Waals surface area contributed by atoms with E-state index in [1.54, 1.807) is 41.3 Å². The van der Waals surface area contributed by atoms with E-state index < -0.39 is 5.92 Å². The third-order valence-electron chi connectivity index (χ3n) is 4.86. The van der Waals surface area contributed by atoms with E-state index in [-0.39, 0.29) is 24.0 Å². The number of halogens is 1. The quantitative estimate of drug-likeness (QED) is 0.763. The maximum atomic E-state index is 13.1. The molecule has 2 heterocycles. The molecule has 6 nitrogen and oxygen atoms in total. The van der Waals surface area contributed by atoms with Crippen molar-refractivity contribution in [2.75, 3.05) is 18.4 Å². The van der Waals surface area contributed by atoms with E-state index >= 15 is 0 Å². The van der Waals surface area contributed by atoms with E-state index in [1.807, 2.05) is 18.2 Å². The van der Waals surface area contributed by atoms with Crippen molar-refractivity contribution in [3.8, 4) is 0 Å². The number of carbonyl (C=O) groups is 3. The van der Waals surface area contributed by atoms with Gasteiger partial charge in [0, 0.05) is 35.8 Å². The second-order valence-electron chi connectivity index (χ2n) is 6.69. The molecule has 7 heteroatoms. The Morgan fingerprint density at radius 1 is 1.11 bits per heavy atom. The fourth-order valence-electron chi connectivity index (χ4n) is 3.56. The lowest BCUT2D eigenvalue weighted by Gasteiger charge is -2.14. The van der Waals surface area contributed by atoms with Gasteiger partial charge in [-0.05, 0) is 36.4 Å². The minimum Gasteiger partial charge on any atom is -0.369 e. The molecular weight excluding hydrogens is 378 g/mol. The second-order valence-corrected chi connectivity index (χ2v) is 7.12. The van der Waals surface area contributed by atoms with Gasteiger partial charge in [-0.25, -0.2) is 0 Å². The van der Waals surface area contributed by atoms with Crippen molar-refractivity contribution in [1.29, 1.82) is 0 Å². The summed E-state index contributed by atoms with van der Waals surface area (Å²) in [6, 6.07) is 15.5. The summed E-state index contributed by atoms with van der Waals surface area (Å²) in [6.45, 7) is 1.07. The van der Waals surface area contributed by atoms with Crippen molar-refractivity contribution in [2.45, 2.75) is 6.42 Å². The Morgan fingerprint density at radius 2 is 1.82 bits per heavy atom. The molecule has 0 radical (unpaired) electrons. The Hall–Kier alpha value is -3.12. The summed E-state index contributed by atoms with van der Waals surface area (Å²) in [6.07, 6.45) is -0.0932. The first-order valence-electron chi connectivity index (χ1n) is 8.99. The zero-order valence-corrected chi connectivity index (χ0v) is 15.7. The smallest absolute Gasteiger partial charge is 0.236 e. The highest BCUT2D eigenvalue weighted by Gasteiger charge is 2.45. The molecule has 2 aromatic carbocycles. The van der Waals surface area contributed by atoms with E-state index in [4.69, 9.17) is 11.6 Å². The highest BCUT2D eigenvalue weighted by molar-refractivity contribution is 6.30. The fraction of sp³-hybridized carbons (Fsp3) is 0.190. The Bertz CT molecular complexity index is 970. The Labute approximate surface area is 167 Å². The number of amides is 2. The van der Waals surface area contributed by atoms with Gasteiger partial charge in [0.1, 0.15) is 5.82 Å². The first-order valence-corrected chi connectivity index (χ1v) is 9.37. The standard InChI is InChI=1S/C21H18ClN3O3/c22-14-8-6-13(7-9-14)19(27)18-16(21(28)25-11-10-23-20(18)25)12-17(26)24-15-4-2-1-3-5-15/h1-9,16,23H,10-12H2,(H,24,26)/t16-/m1/s1. The molecule has 0 spiro atoms. The highest BCUT2D eigenvalue weighted by Crippen LogP contribution is 2.35. The maximum Gasteiger partial charge on any atom is 0.236 e. The molecule has 0 bridgehead atoms. The topological polar surface area (TPSA) is 78.5 Å². The largest absolute Gasteiger partial charge is 0.369 e. The zero-order valence-electron chi connectivity index (χ0n) is 14.9. The van der Waals surface area contributed by atoms with Crippen LogP contribution in [0.25, 0.3) is 0 Å². The average molecular weight is 396 g/mol. The summed E-state index contributed by atoms with van der Waals surface area (Å²) in [4.78, 5) is 40.1. The third-order valence-corrected chi connectivity index (χ3v) is 5.12. The molecule has 1 saturated heterocycles. The monoisotopic (exact) mass is 395 g/mol. The van der Waals surface area contributed by atoms with Crippen molar-refractivity contribution in [3.05, 3.63) is 76.6 Å². The molecule has 28 heavy (non-hydrogen) atoms. The van der Waals surface area contributed by atoms with Crippen LogP contribution in [-0.4, -0.2) is 35.6 Å². The number of hydrogen-bond donors (Lipinski definition) is 2. The number of anilines is 1. The minimum atomic E-state index is -0.810. The number of benzene rings is 2. The molecule has 2 amide bonds. The Balaban J connectivity index is 1.60. The maximum absolute atomic E-state index is 13.1. The van der Waals surface area contributed by atoms with Crippen LogP contribution in [0.5, 0.6) is 0 Å². The average Bonchev–Trinajstić information content (AvgIpc) is 3.26. The van der Waals surface area contributed by atoms with Crippen LogP contribution in [0.2, 0.25) is 5.02 Å². The predicted molar refractivity (Wildman–Crippen MR) is 106 cm³/mol. The van der Waals surface area contributed by atoms with Gasteiger partial charge in [0.25, 0.3) is 0 Å². The van der Waals surface area contributed by atoms with Gasteiger partial charge >= 0.3 is 0 Å². The van der Waals surface area contributed by atoms with Gasteiger partial charge in [-0.2, -0.15) is 0 Å². The molecule has 1 fully saturated rings. The molecule has 4 rings (SSSR count). The van der Waals surface area contributed by atoms with Crippen molar-refractivity contribution in [3.63, 3.8) is 0 Å². The van der Waals surface area contributed by atoms with Gasteiger partial charge in [-0.3, -0.25) is 19.3 Å². The van der Waals surface area contributed by atoms with E-state index in [0.717, 1.165) is 0 Å². The first-order chi connectivity index (χ1) is 13.5. The zero-order chi connectivity index (χ0) is 19.7. The SMILES string of the molecule is O=C(C[C@H]1C(=O)N2CCNC2=C1C(=O)c1ccc(Cl)cc1)Nc1ccccc1. The lowest BCUT2D eigenvalue weighted by Crippen LogP contribution is -2.30. The lowest BCUT2D eigenvalue weighted by molar-refractivity contribution is -0.132. The number of carbonyl (C=O) groups excluding carboxylic acids is 3. The number of nitrogens with one attached hydrogen (secondary N) is 2. The van der Waals surface area contributed by atoms with Crippen molar-refractivity contribution in [1.82, 2.24) is 10.2 Å². The summed E-state index contributed by atoms with van der Waals surface area (Å²) in [5.74, 6) is -1.10. The molecule has 2 N–H and O–H groups in total. The molecule has 2 aliphatic rings. The van der Waals surface area contributed by atoms with Crippen LogP contribution < -0.4 is 10.6 Å². The van der Waals surface area contributed by atoms with Crippen LogP contribution in [0.3, 0.4) is 0 Å². The van der Waals surface area contributed by atoms with Gasteiger partial charge in [0.2, 0.25) is 11.8 Å². The van der Waals surface area contributed by atoms with Gasteiger partial charge < -0.3 is 10.6 Å².